The van der Waals surface area contributed by atoms with Crippen molar-refractivity contribution in [3.05, 3.63) is 64.1 Å². The van der Waals surface area contributed by atoms with Gasteiger partial charge in [-0.2, -0.15) is 5.10 Å². The number of aromatic nitrogens is 2. The van der Waals surface area contributed by atoms with Gasteiger partial charge in [-0.25, -0.2) is 4.68 Å². The predicted molar refractivity (Wildman–Crippen MR) is 111 cm³/mol. The topological polar surface area (TPSA) is 126 Å². The van der Waals surface area contributed by atoms with Gasteiger partial charge >= 0.3 is 0 Å². The van der Waals surface area contributed by atoms with Crippen molar-refractivity contribution in [3.63, 3.8) is 0 Å². The molecule has 0 saturated heterocycles. The minimum absolute atomic E-state index is 0.0525. The Bertz CT molecular complexity index is 1160. The van der Waals surface area contributed by atoms with Crippen molar-refractivity contribution in [1.82, 2.24) is 15.1 Å². The van der Waals surface area contributed by atoms with Gasteiger partial charge in [0, 0.05) is 11.9 Å². The Balaban J connectivity index is 1.70. The van der Waals surface area contributed by atoms with Crippen molar-refractivity contribution >= 4 is 22.6 Å². The monoisotopic (exact) mass is 410 g/mol. The summed E-state index contributed by atoms with van der Waals surface area (Å²) in [6.45, 7) is 0.0230. The smallest absolute Gasteiger partial charge is 0.275 e. The van der Waals surface area contributed by atoms with Crippen LogP contribution in [0.3, 0.4) is 0 Å². The van der Waals surface area contributed by atoms with E-state index in [1.165, 1.54) is 0 Å². The number of primary amides is 1. The first-order chi connectivity index (χ1) is 14.4. The summed E-state index contributed by atoms with van der Waals surface area (Å²) in [7, 11) is 3.11. The third kappa shape index (κ3) is 4.40. The summed E-state index contributed by atoms with van der Waals surface area (Å²) >= 11 is 0. The average Bonchev–Trinajstić information content (AvgIpc) is 2.75. The molecule has 30 heavy (non-hydrogen) atoms. The number of nitrogens with two attached hydrogens (primary N) is 1. The molecule has 0 unspecified atom stereocenters. The number of carbonyl (C=O) groups excluding carboxylic acids is 2. The summed E-state index contributed by atoms with van der Waals surface area (Å²) in [6, 6.07) is 12.0. The summed E-state index contributed by atoms with van der Waals surface area (Å²) in [4.78, 5) is 36.6. The first-order valence-electron chi connectivity index (χ1n) is 9.22. The highest BCUT2D eigenvalue weighted by atomic mass is 16.5. The Kier molecular flexibility index (Phi) is 6.31. The third-order valence-corrected chi connectivity index (χ3v) is 4.58. The molecule has 2 amide bonds. The molecule has 0 aliphatic rings. The van der Waals surface area contributed by atoms with Gasteiger partial charge in [0.05, 0.1) is 19.6 Å². The number of rotatable bonds is 8. The normalized spacial score (nSPS) is 10.6. The predicted octanol–water partition coefficient (Wildman–Crippen LogP) is 0.872. The number of ether oxygens (including phenoxy) is 2. The number of amides is 2. The van der Waals surface area contributed by atoms with Crippen molar-refractivity contribution in [3.8, 4) is 11.5 Å². The number of benzene rings is 2. The second kappa shape index (κ2) is 9.08. The van der Waals surface area contributed by atoms with Crippen LogP contribution in [0.5, 0.6) is 11.5 Å². The quantitative estimate of drug-likeness (QED) is 0.568. The Morgan fingerprint density at radius 3 is 2.43 bits per heavy atom. The largest absolute Gasteiger partial charge is 0.493 e. The number of methoxy groups -OCH3 is 2. The summed E-state index contributed by atoms with van der Waals surface area (Å²) in [5, 5.41) is 7.37. The minimum atomic E-state index is -0.770. The number of fused-ring (bicyclic) bond motifs is 1. The first kappa shape index (κ1) is 20.8. The lowest BCUT2D eigenvalue weighted by Crippen LogP contribution is -2.36. The molecule has 156 valence electrons. The summed E-state index contributed by atoms with van der Waals surface area (Å²) in [5.74, 6) is 0.0501. The SMILES string of the molecule is COc1ccc(CCNC(=O)Cn2nc(C(N)=O)c3ccccc3c2=O)cc1OC. The van der Waals surface area contributed by atoms with E-state index in [0.29, 0.717) is 29.9 Å². The van der Waals surface area contributed by atoms with Crippen LogP contribution in [0.25, 0.3) is 10.8 Å². The van der Waals surface area contributed by atoms with E-state index in [0.717, 1.165) is 10.2 Å². The van der Waals surface area contributed by atoms with Crippen LogP contribution in [-0.4, -0.2) is 42.4 Å². The van der Waals surface area contributed by atoms with Crippen LogP contribution in [0.4, 0.5) is 0 Å². The van der Waals surface area contributed by atoms with Crippen LogP contribution in [0, 0.1) is 0 Å². The molecule has 1 heterocycles. The lowest BCUT2D eigenvalue weighted by molar-refractivity contribution is -0.121. The van der Waals surface area contributed by atoms with Crippen LogP contribution in [0.15, 0.2) is 47.3 Å². The van der Waals surface area contributed by atoms with Crippen LogP contribution in [-0.2, 0) is 17.8 Å². The van der Waals surface area contributed by atoms with E-state index >= 15 is 0 Å². The molecule has 0 aliphatic heterocycles. The van der Waals surface area contributed by atoms with Crippen LogP contribution >= 0.6 is 0 Å². The molecule has 0 spiro atoms. The van der Waals surface area contributed by atoms with Gasteiger partial charge in [-0.3, -0.25) is 14.4 Å². The average molecular weight is 410 g/mol. The minimum Gasteiger partial charge on any atom is -0.493 e. The van der Waals surface area contributed by atoms with E-state index in [2.05, 4.69) is 10.4 Å². The van der Waals surface area contributed by atoms with Crippen LogP contribution in [0.2, 0.25) is 0 Å². The van der Waals surface area contributed by atoms with Crippen LogP contribution in [0.1, 0.15) is 16.1 Å². The van der Waals surface area contributed by atoms with Gasteiger partial charge in [0.15, 0.2) is 17.2 Å². The van der Waals surface area contributed by atoms with Crippen molar-refractivity contribution < 1.29 is 19.1 Å². The Labute approximate surface area is 172 Å². The molecular weight excluding hydrogens is 388 g/mol. The highest BCUT2D eigenvalue weighted by Gasteiger charge is 2.15. The van der Waals surface area contributed by atoms with Gasteiger partial charge in [-0.1, -0.05) is 24.3 Å². The van der Waals surface area contributed by atoms with E-state index < -0.39 is 17.4 Å². The van der Waals surface area contributed by atoms with Crippen LogP contribution < -0.4 is 26.1 Å². The van der Waals surface area contributed by atoms with Gasteiger partial charge in [0.1, 0.15) is 6.54 Å². The number of hydrogen-bond acceptors (Lipinski definition) is 6. The zero-order chi connectivity index (χ0) is 21.7. The van der Waals surface area contributed by atoms with Crippen molar-refractivity contribution in [2.24, 2.45) is 5.73 Å². The van der Waals surface area contributed by atoms with E-state index in [1.807, 2.05) is 12.1 Å². The summed E-state index contributed by atoms with van der Waals surface area (Å²) < 4.78 is 11.4. The molecule has 1 aromatic heterocycles. The molecule has 0 saturated carbocycles. The van der Waals surface area contributed by atoms with E-state index in [4.69, 9.17) is 15.2 Å². The Morgan fingerprint density at radius 1 is 1.07 bits per heavy atom. The maximum Gasteiger partial charge on any atom is 0.275 e. The lowest BCUT2D eigenvalue weighted by Gasteiger charge is -2.11. The number of carbonyl (C=O) groups is 2. The Morgan fingerprint density at radius 2 is 1.77 bits per heavy atom. The molecule has 3 aromatic rings. The van der Waals surface area contributed by atoms with E-state index in [1.54, 1.807) is 44.6 Å². The molecule has 2 aromatic carbocycles. The summed E-state index contributed by atoms with van der Waals surface area (Å²) in [5.41, 5.74) is 5.81. The molecule has 0 bridgehead atoms. The molecular formula is C21H22N4O5. The molecule has 0 aliphatic carbocycles. The number of nitrogens with zero attached hydrogens (tertiary/aromatic N) is 2. The molecule has 9 nitrogen and oxygen atoms in total. The fraction of sp³-hybridized carbons (Fsp3) is 0.238. The molecule has 0 fully saturated rings. The van der Waals surface area contributed by atoms with Crippen molar-refractivity contribution in [1.29, 1.82) is 0 Å². The fourth-order valence-electron chi connectivity index (χ4n) is 3.10. The highest BCUT2D eigenvalue weighted by Crippen LogP contribution is 2.27. The fourth-order valence-corrected chi connectivity index (χ4v) is 3.10. The second-order valence-electron chi connectivity index (χ2n) is 6.51. The van der Waals surface area contributed by atoms with Gasteiger partial charge in [0.25, 0.3) is 11.5 Å². The standard InChI is InChI=1S/C21H22N4O5/c1-29-16-8-7-13(11-17(16)30-2)9-10-23-18(26)12-25-21(28)15-6-4-3-5-14(15)19(24-25)20(22)27/h3-8,11H,9-10,12H2,1-2H3,(H2,22,27)(H,23,26). The molecule has 3 rings (SSSR count). The highest BCUT2D eigenvalue weighted by molar-refractivity contribution is 6.04. The number of hydrogen-bond donors (Lipinski definition) is 2. The third-order valence-electron chi connectivity index (χ3n) is 4.58. The zero-order valence-corrected chi connectivity index (χ0v) is 16.7. The van der Waals surface area contributed by atoms with E-state index in [-0.39, 0.29) is 17.6 Å². The molecule has 0 atom stereocenters. The van der Waals surface area contributed by atoms with Gasteiger partial charge in [-0.05, 0) is 30.2 Å². The molecule has 9 heteroatoms. The lowest BCUT2D eigenvalue weighted by atomic mass is 10.1. The van der Waals surface area contributed by atoms with E-state index in [9.17, 15) is 14.4 Å². The first-order valence-corrected chi connectivity index (χ1v) is 9.22. The second-order valence-corrected chi connectivity index (χ2v) is 6.51. The van der Waals surface area contributed by atoms with Gasteiger partial charge in [-0.15, -0.1) is 0 Å². The van der Waals surface area contributed by atoms with Gasteiger partial charge < -0.3 is 20.5 Å². The van der Waals surface area contributed by atoms with Crippen molar-refractivity contribution in [2.45, 2.75) is 13.0 Å². The number of nitrogens with one attached hydrogen (secondary N) is 1. The molecule has 0 radical (unpaired) electrons. The van der Waals surface area contributed by atoms with Crippen molar-refractivity contribution in [2.75, 3.05) is 20.8 Å². The maximum atomic E-state index is 12.6. The zero-order valence-electron chi connectivity index (χ0n) is 16.7. The maximum absolute atomic E-state index is 12.6. The Hall–Kier alpha value is -3.88. The van der Waals surface area contributed by atoms with Gasteiger partial charge in [0.2, 0.25) is 5.91 Å². The summed E-state index contributed by atoms with van der Waals surface area (Å²) in [6.07, 6.45) is 0.554. The molecule has 3 N–H and O–H groups in total.